The summed E-state index contributed by atoms with van der Waals surface area (Å²) in [6, 6.07) is 21.4. The number of fused-ring (bicyclic) bond motifs is 1. The van der Waals surface area contributed by atoms with E-state index in [1.165, 1.54) is 28.3 Å². The number of amides is 1. The van der Waals surface area contributed by atoms with Crippen LogP contribution in [0.2, 0.25) is 0 Å². The van der Waals surface area contributed by atoms with Gasteiger partial charge in [-0.2, -0.15) is 0 Å². The van der Waals surface area contributed by atoms with Crippen LogP contribution in [0.4, 0.5) is 5.69 Å². The molecule has 0 saturated carbocycles. The van der Waals surface area contributed by atoms with Crippen molar-refractivity contribution in [3.63, 3.8) is 0 Å². The van der Waals surface area contributed by atoms with Gasteiger partial charge in [0.05, 0.1) is 16.6 Å². The second-order valence-corrected chi connectivity index (χ2v) is 11.3. The van der Waals surface area contributed by atoms with E-state index < -0.39 is 10.0 Å². The van der Waals surface area contributed by atoms with Crippen LogP contribution < -0.4 is 9.62 Å². The van der Waals surface area contributed by atoms with E-state index in [2.05, 4.69) is 39.4 Å². The highest BCUT2D eigenvalue weighted by molar-refractivity contribution is 9.10. The predicted octanol–water partition coefficient (Wildman–Crippen LogP) is 5.79. The smallest absolute Gasteiger partial charge is 0.264 e. The number of nitrogens with zero attached hydrogens (tertiary/aromatic N) is 1. The molecule has 0 heterocycles. The van der Waals surface area contributed by atoms with Gasteiger partial charge in [-0.1, -0.05) is 59.3 Å². The first-order valence-electron chi connectivity index (χ1n) is 11.6. The molecule has 0 spiro atoms. The number of aryl methyl sites for hydroxylation is 2. The minimum Gasteiger partial charge on any atom is -0.348 e. The fraction of sp³-hybridized carbons (Fsp3) is 0.296. The molecule has 3 aromatic rings. The molecule has 3 aromatic carbocycles. The van der Waals surface area contributed by atoms with E-state index in [9.17, 15) is 13.2 Å². The maximum absolute atomic E-state index is 13.5. The van der Waals surface area contributed by atoms with E-state index in [1.54, 1.807) is 54.6 Å². The molecule has 0 aliphatic heterocycles. The van der Waals surface area contributed by atoms with Crippen molar-refractivity contribution < 1.29 is 13.2 Å². The first-order chi connectivity index (χ1) is 16.4. The van der Waals surface area contributed by atoms with Crippen molar-refractivity contribution in [2.75, 3.05) is 10.8 Å². The molecule has 0 radical (unpaired) electrons. The van der Waals surface area contributed by atoms with Crippen molar-refractivity contribution in [2.24, 2.45) is 0 Å². The Hall–Kier alpha value is -2.64. The van der Waals surface area contributed by atoms with Gasteiger partial charge in [0.25, 0.3) is 10.0 Å². The van der Waals surface area contributed by atoms with E-state index >= 15 is 0 Å². The lowest BCUT2D eigenvalue weighted by molar-refractivity contribution is -0.120. The molecule has 0 bridgehead atoms. The average molecular weight is 542 g/mol. The number of nitrogens with one attached hydrogen (secondary N) is 1. The maximum Gasteiger partial charge on any atom is 0.264 e. The van der Waals surface area contributed by atoms with E-state index in [-0.39, 0.29) is 23.4 Å². The summed E-state index contributed by atoms with van der Waals surface area (Å²) in [6.45, 7) is 1.72. The summed E-state index contributed by atoms with van der Waals surface area (Å²) in [5.74, 6) is -0.341. The molecule has 34 heavy (non-hydrogen) atoms. The fourth-order valence-electron chi connectivity index (χ4n) is 4.40. The van der Waals surface area contributed by atoms with Crippen LogP contribution in [0.15, 0.2) is 82.2 Å². The number of hydrogen-bond acceptors (Lipinski definition) is 3. The highest BCUT2D eigenvalue weighted by Gasteiger charge is 2.28. The normalized spacial score (nSPS) is 14.2. The zero-order valence-electron chi connectivity index (χ0n) is 19.2. The molecule has 7 heteroatoms. The highest BCUT2D eigenvalue weighted by Crippen LogP contribution is 2.27. The molecular formula is C27H29BrN2O3S. The average Bonchev–Trinajstić information content (AvgIpc) is 2.86. The van der Waals surface area contributed by atoms with Gasteiger partial charge in [0.2, 0.25) is 5.91 Å². The topological polar surface area (TPSA) is 66.5 Å². The predicted molar refractivity (Wildman–Crippen MR) is 139 cm³/mol. The fourth-order valence-corrected chi connectivity index (χ4v) is 6.11. The van der Waals surface area contributed by atoms with Crippen LogP contribution >= 0.6 is 15.9 Å². The third-order valence-corrected chi connectivity index (χ3v) is 8.57. The van der Waals surface area contributed by atoms with Gasteiger partial charge in [0, 0.05) is 4.47 Å². The lowest BCUT2D eigenvalue weighted by Crippen LogP contribution is -2.42. The molecule has 5 nitrogen and oxygen atoms in total. The molecule has 0 fully saturated rings. The van der Waals surface area contributed by atoms with Crippen LogP contribution in [-0.4, -0.2) is 20.9 Å². The lowest BCUT2D eigenvalue weighted by atomic mass is 9.89. The van der Waals surface area contributed by atoms with E-state index in [1.807, 2.05) is 6.92 Å². The first kappa shape index (κ1) is 24.5. The van der Waals surface area contributed by atoms with E-state index in [0.29, 0.717) is 12.1 Å². The highest BCUT2D eigenvalue weighted by atomic mass is 79.9. The molecule has 4 rings (SSSR count). The second-order valence-electron chi connectivity index (χ2n) is 8.56. The number of benzene rings is 3. The number of anilines is 1. The molecule has 178 valence electrons. The molecule has 0 saturated heterocycles. The van der Waals surface area contributed by atoms with E-state index in [0.717, 1.165) is 22.9 Å². The van der Waals surface area contributed by atoms with Crippen LogP contribution in [0.5, 0.6) is 0 Å². The van der Waals surface area contributed by atoms with Crippen molar-refractivity contribution in [1.82, 2.24) is 5.32 Å². The van der Waals surface area contributed by atoms with Gasteiger partial charge < -0.3 is 5.32 Å². The lowest BCUT2D eigenvalue weighted by Gasteiger charge is -2.26. The quantitative estimate of drug-likeness (QED) is 0.393. The molecule has 1 unspecified atom stereocenters. The Morgan fingerprint density at radius 2 is 1.65 bits per heavy atom. The van der Waals surface area contributed by atoms with Crippen molar-refractivity contribution in [2.45, 2.75) is 50.0 Å². The number of sulfonamides is 1. The van der Waals surface area contributed by atoms with E-state index in [4.69, 9.17) is 0 Å². The van der Waals surface area contributed by atoms with Gasteiger partial charge in [0.15, 0.2) is 0 Å². The van der Waals surface area contributed by atoms with Crippen molar-refractivity contribution in [3.05, 3.63) is 94.0 Å². The number of hydrogen-bond donors (Lipinski definition) is 1. The monoisotopic (exact) mass is 540 g/mol. The zero-order chi connectivity index (χ0) is 24.1. The number of carbonyl (C=O) groups is 1. The second kappa shape index (κ2) is 10.7. The molecule has 1 amide bonds. The summed E-state index contributed by atoms with van der Waals surface area (Å²) >= 11 is 3.39. The number of halogens is 1. The van der Waals surface area contributed by atoms with Crippen molar-refractivity contribution in [3.8, 4) is 0 Å². The summed E-state index contributed by atoms with van der Waals surface area (Å²) in [5.41, 5.74) is 4.26. The van der Waals surface area contributed by atoms with Gasteiger partial charge in [-0.05, 0) is 85.2 Å². The Bertz CT molecular complexity index is 1240. The van der Waals surface area contributed by atoms with Gasteiger partial charge in [-0.15, -0.1) is 0 Å². The van der Waals surface area contributed by atoms with Crippen molar-refractivity contribution in [1.29, 1.82) is 0 Å². The molecule has 1 aliphatic carbocycles. The van der Waals surface area contributed by atoms with Crippen LogP contribution in [-0.2, 0) is 27.7 Å². The van der Waals surface area contributed by atoms with Gasteiger partial charge in [-0.3, -0.25) is 9.10 Å². The first-order valence-corrected chi connectivity index (χ1v) is 13.9. The molecule has 1 aliphatic rings. The Morgan fingerprint density at radius 3 is 2.32 bits per heavy atom. The largest absolute Gasteiger partial charge is 0.348 e. The summed E-state index contributed by atoms with van der Waals surface area (Å²) in [7, 11) is -3.92. The van der Waals surface area contributed by atoms with Crippen LogP contribution in [0.1, 0.15) is 48.9 Å². The summed E-state index contributed by atoms with van der Waals surface area (Å²) in [4.78, 5) is 13.3. The van der Waals surface area contributed by atoms with Gasteiger partial charge in [-0.25, -0.2) is 8.42 Å². The minimum absolute atomic E-state index is 0.146. The Balaban J connectivity index is 1.58. The molecule has 0 aromatic heterocycles. The zero-order valence-corrected chi connectivity index (χ0v) is 21.6. The van der Waals surface area contributed by atoms with Crippen LogP contribution in [0.3, 0.4) is 0 Å². The summed E-state index contributed by atoms with van der Waals surface area (Å²) in [6.07, 6.45) is 5.31. The number of rotatable bonds is 8. The van der Waals surface area contributed by atoms with Crippen molar-refractivity contribution >= 4 is 37.5 Å². The molecule has 1 N–H and O–H groups in total. The SMILES string of the molecule is CCC(NC(=O)CN(c1ccc(Br)cc1)S(=O)(=O)c1ccccc1)c1ccc2c(c1)CCCC2. The summed E-state index contributed by atoms with van der Waals surface area (Å²) < 4.78 is 28.9. The Labute approximate surface area is 210 Å². The van der Waals surface area contributed by atoms with Gasteiger partial charge in [0.1, 0.15) is 6.54 Å². The Morgan fingerprint density at radius 1 is 0.971 bits per heavy atom. The standard InChI is InChI=1S/C27H29BrN2O3S/c1-2-26(22-13-12-20-8-6-7-9-21(20)18-22)29-27(31)19-30(24-16-14-23(28)15-17-24)34(32,33)25-10-4-3-5-11-25/h3-5,10-18,26H,2,6-9,19H2,1H3,(H,29,31). The summed E-state index contributed by atoms with van der Waals surface area (Å²) in [5, 5.41) is 3.07. The third kappa shape index (κ3) is 5.53. The third-order valence-electron chi connectivity index (χ3n) is 6.25. The van der Waals surface area contributed by atoms with Crippen LogP contribution in [0.25, 0.3) is 0 Å². The van der Waals surface area contributed by atoms with Gasteiger partial charge >= 0.3 is 0 Å². The minimum atomic E-state index is -3.92. The molecule has 1 atom stereocenters. The number of carbonyl (C=O) groups excluding carboxylic acids is 1. The Kier molecular flexibility index (Phi) is 7.73. The molecular weight excluding hydrogens is 512 g/mol. The maximum atomic E-state index is 13.5. The van der Waals surface area contributed by atoms with Crippen LogP contribution in [0, 0.1) is 0 Å².